The fraction of sp³-hybridized carbons (Fsp3) is 0.444. The van der Waals surface area contributed by atoms with Crippen LogP contribution < -0.4 is 5.56 Å². The Morgan fingerprint density at radius 3 is 2.96 bits per heavy atom. The lowest BCUT2D eigenvalue weighted by Crippen LogP contribution is -2.59. The maximum atomic E-state index is 12.4. The van der Waals surface area contributed by atoms with Gasteiger partial charge in [0.05, 0.1) is 18.1 Å². The highest BCUT2D eigenvalue weighted by Gasteiger charge is 2.35. The Morgan fingerprint density at radius 2 is 2.07 bits per heavy atom. The zero-order valence-corrected chi connectivity index (χ0v) is 15.5. The molecule has 3 aromatic rings. The van der Waals surface area contributed by atoms with Gasteiger partial charge in [-0.05, 0) is 12.1 Å². The van der Waals surface area contributed by atoms with Crippen LogP contribution in [0.4, 0.5) is 0 Å². The highest BCUT2D eigenvalue weighted by molar-refractivity contribution is 7.91. The highest BCUT2D eigenvalue weighted by Crippen LogP contribution is 2.25. The van der Waals surface area contributed by atoms with Gasteiger partial charge in [0, 0.05) is 37.6 Å². The minimum absolute atomic E-state index is 0.0164. The lowest BCUT2D eigenvalue weighted by atomic mass is 10.2. The van der Waals surface area contributed by atoms with E-state index in [9.17, 15) is 13.2 Å². The van der Waals surface area contributed by atoms with Gasteiger partial charge in [-0.2, -0.15) is 0 Å². The van der Waals surface area contributed by atoms with E-state index in [1.807, 2.05) is 24.3 Å². The van der Waals surface area contributed by atoms with Gasteiger partial charge in [0.15, 0.2) is 9.84 Å². The number of hydrogen-bond donors (Lipinski definition) is 1. The van der Waals surface area contributed by atoms with Gasteiger partial charge in [-0.3, -0.25) is 14.6 Å². The molecule has 5 rings (SSSR count). The summed E-state index contributed by atoms with van der Waals surface area (Å²) in [4.78, 5) is 24.3. The monoisotopic (exact) mass is 388 g/mol. The average molecular weight is 388 g/mol. The maximum absolute atomic E-state index is 12.4. The molecule has 2 saturated heterocycles. The zero-order valence-electron chi connectivity index (χ0n) is 14.7. The Bertz CT molecular complexity index is 1180. The fourth-order valence-electron chi connectivity index (χ4n) is 4.12. The van der Waals surface area contributed by atoms with E-state index in [1.165, 1.54) is 0 Å². The maximum Gasteiger partial charge on any atom is 0.294 e. The third-order valence-electron chi connectivity index (χ3n) is 5.48. The van der Waals surface area contributed by atoms with Crippen molar-refractivity contribution in [1.82, 2.24) is 19.8 Å². The van der Waals surface area contributed by atoms with Crippen molar-refractivity contribution in [2.24, 2.45) is 0 Å². The summed E-state index contributed by atoms with van der Waals surface area (Å²) < 4.78 is 29.5. The number of nitrogens with one attached hydrogen (secondary N) is 1. The third-order valence-corrected chi connectivity index (χ3v) is 7.18. The van der Waals surface area contributed by atoms with Crippen LogP contribution >= 0.6 is 0 Å². The van der Waals surface area contributed by atoms with Crippen molar-refractivity contribution < 1.29 is 12.8 Å². The van der Waals surface area contributed by atoms with E-state index < -0.39 is 9.84 Å². The smallest absolute Gasteiger partial charge is 0.294 e. The fourth-order valence-corrected chi connectivity index (χ4v) is 5.70. The first kappa shape index (κ1) is 16.9. The minimum Gasteiger partial charge on any atom is -0.449 e. The summed E-state index contributed by atoms with van der Waals surface area (Å²) in [5.41, 5.74) is 1.17. The van der Waals surface area contributed by atoms with Crippen LogP contribution in [0.5, 0.6) is 0 Å². The molecule has 0 amide bonds. The number of benzene rings is 1. The van der Waals surface area contributed by atoms with Crippen molar-refractivity contribution in [2.45, 2.75) is 12.6 Å². The Balaban J connectivity index is 1.43. The average Bonchev–Trinajstić information content (AvgIpc) is 3.00. The second kappa shape index (κ2) is 6.15. The summed E-state index contributed by atoms with van der Waals surface area (Å²) >= 11 is 0. The lowest BCUT2D eigenvalue weighted by molar-refractivity contribution is 0.0794. The number of sulfone groups is 1. The molecule has 0 bridgehead atoms. The second-order valence-corrected chi connectivity index (χ2v) is 9.56. The van der Waals surface area contributed by atoms with E-state index in [0.717, 1.165) is 18.5 Å². The van der Waals surface area contributed by atoms with Crippen molar-refractivity contribution >= 4 is 31.9 Å². The van der Waals surface area contributed by atoms with Crippen LogP contribution in [-0.2, 0) is 16.4 Å². The van der Waals surface area contributed by atoms with Gasteiger partial charge >= 0.3 is 0 Å². The molecule has 27 heavy (non-hydrogen) atoms. The third kappa shape index (κ3) is 3.05. The van der Waals surface area contributed by atoms with Gasteiger partial charge < -0.3 is 9.40 Å². The minimum atomic E-state index is -2.96. The molecular formula is C18H20N4O4S. The molecule has 4 heterocycles. The predicted molar refractivity (Wildman–Crippen MR) is 101 cm³/mol. The number of aromatic nitrogens is 2. The van der Waals surface area contributed by atoms with Gasteiger partial charge in [0.1, 0.15) is 16.9 Å². The van der Waals surface area contributed by atoms with Gasteiger partial charge in [-0.1, -0.05) is 12.1 Å². The molecule has 0 saturated carbocycles. The summed E-state index contributed by atoms with van der Waals surface area (Å²) in [6.07, 6.45) is 0. The summed E-state index contributed by atoms with van der Waals surface area (Å²) in [6, 6.07) is 7.48. The van der Waals surface area contributed by atoms with Crippen LogP contribution in [0.25, 0.3) is 22.1 Å². The van der Waals surface area contributed by atoms with E-state index in [-0.39, 0.29) is 28.7 Å². The molecule has 8 nitrogen and oxygen atoms in total. The Kier molecular flexibility index (Phi) is 3.85. The van der Waals surface area contributed by atoms with Gasteiger partial charge in [0.2, 0.25) is 5.58 Å². The van der Waals surface area contributed by atoms with Gasteiger partial charge in [0.25, 0.3) is 5.56 Å². The first-order valence-corrected chi connectivity index (χ1v) is 10.9. The first-order valence-electron chi connectivity index (χ1n) is 9.06. The number of rotatable bonds is 2. The number of aromatic amines is 1. The zero-order chi connectivity index (χ0) is 18.6. The molecule has 0 spiro atoms. The number of piperazine rings is 1. The molecular weight excluding hydrogens is 368 g/mol. The molecule has 142 valence electrons. The number of H-pyrrole nitrogens is 1. The summed E-state index contributed by atoms with van der Waals surface area (Å²) in [5, 5.41) is 0.822. The number of hydrogen-bond acceptors (Lipinski definition) is 7. The molecule has 2 aromatic heterocycles. The standard InChI is InChI=1S/C18H20N4O4S/c23-18-17-16(13-3-1-2-4-14(13)26-17)19-15(20-18)10-21-5-6-22-7-8-27(24,25)11-12(22)9-21/h1-4,12H,5-11H2,(H,19,20,23). The van der Waals surface area contributed by atoms with E-state index in [2.05, 4.69) is 19.8 Å². The van der Waals surface area contributed by atoms with Crippen molar-refractivity contribution in [3.63, 3.8) is 0 Å². The van der Waals surface area contributed by atoms with Crippen molar-refractivity contribution in [3.8, 4) is 0 Å². The van der Waals surface area contributed by atoms with E-state index >= 15 is 0 Å². The molecule has 9 heteroatoms. The number of fused-ring (bicyclic) bond motifs is 4. The SMILES string of the molecule is O=c1[nH]c(CN2CCN3CCS(=O)(=O)CC3C2)nc2c1oc1ccccc12. The summed E-state index contributed by atoms with van der Waals surface area (Å²) in [5.74, 6) is 1.03. The summed E-state index contributed by atoms with van der Waals surface area (Å²) in [6.45, 7) is 3.41. The van der Waals surface area contributed by atoms with Crippen LogP contribution in [0.15, 0.2) is 33.5 Å². The first-order chi connectivity index (χ1) is 13.0. The number of furan rings is 1. The predicted octanol–water partition coefficient (Wildman–Crippen LogP) is 0.584. The lowest BCUT2D eigenvalue weighted by Gasteiger charge is -2.43. The summed E-state index contributed by atoms with van der Waals surface area (Å²) in [7, 11) is -2.96. The number of para-hydroxylation sites is 1. The van der Waals surface area contributed by atoms with Crippen LogP contribution in [0.3, 0.4) is 0 Å². The molecule has 2 aliphatic rings. The molecule has 0 aliphatic carbocycles. The molecule has 2 aliphatic heterocycles. The topological polar surface area (TPSA) is 99.5 Å². The molecule has 2 fully saturated rings. The van der Waals surface area contributed by atoms with E-state index in [4.69, 9.17) is 4.42 Å². The van der Waals surface area contributed by atoms with E-state index in [0.29, 0.717) is 36.6 Å². The van der Waals surface area contributed by atoms with Crippen LogP contribution in [0.2, 0.25) is 0 Å². The van der Waals surface area contributed by atoms with Crippen molar-refractivity contribution in [3.05, 3.63) is 40.4 Å². The normalized spacial score (nSPS) is 23.6. The quantitative estimate of drug-likeness (QED) is 0.686. The van der Waals surface area contributed by atoms with Crippen molar-refractivity contribution in [1.29, 1.82) is 0 Å². The molecule has 1 aromatic carbocycles. The number of nitrogens with zero attached hydrogens (tertiary/aromatic N) is 3. The molecule has 1 atom stereocenters. The van der Waals surface area contributed by atoms with E-state index in [1.54, 1.807) is 0 Å². The van der Waals surface area contributed by atoms with Gasteiger partial charge in [-0.25, -0.2) is 13.4 Å². The largest absolute Gasteiger partial charge is 0.449 e. The molecule has 1 N–H and O–H groups in total. The van der Waals surface area contributed by atoms with Crippen LogP contribution in [0, 0.1) is 0 Å². The Morgan fingerprint density at radius 1 is 1.22 bits per heavy atom. The molecule has 1 unspecified atom stereocenters. The Labute approximate surface area is 155 Å². The molecule has 0 radical (unpaired) electrons. The second-order valence-electron chi connectivity index (χ2n) is 7.33. The highest BCUT2D eigenvalue weighted by atomic mass is 32.2. The van der Waals surface area contributed by atoms with Crippen LogP contribution in [-0.4, -0.2) is 71.9 Å². The van der Waals surface area contributed by atoms with Crippen molar-refractivity contribution in [2.75, 3.05) is 37.7 Å². The van der Waals surface area contributed by atoms with Gasteiger partial charge in [-0.15, -0.1) is 0 Å². The van der Waals surface area contributed by atoms with Crippen LogP contribution in [0.1, 0.15) is 5.82 Å². The Hall–Kier alpha value is -2.23.